The maximum Gasteiger partial charge on any atom is 0.461 e. The highest BCUT2D eigenvalue weighted by molar-refractivity contribution is 6.49. The van der Waals surface area contributed by atoms with Gasteiger partial charge in [0, 0.05) is 10.8 Å². The van der Waals surface area contributed by atoms with Gasteiger partial charge >= 0.3 is 7.12 Å². The van der Waals surface area contributed by atoms with Crippen LogP contribution in [0.4, 0.5) is 0 Å². The Labute approximate surface area is 120 Å². The second-order valence-electron chi connectivity index (χ2n) is 6.69. The Morgan fingerprint density at radius 3 is 2.37 bits per heavy atom. The molecule has 2 atom stereocenters. The molecule has 1 aromatic rings. The lowest BCUT2D eigenvalue weighted by Gasteiger charge is -2.32. The fourth-order valence-corrected chi connectivity index (χ4v) is 2.90. The van der Waals surface area contributed by atoms with Crippen LogP contribution in [0.1, 0.15) is 45.6 Å². The standard InChI is InChI=1S/C15H20BClO2/c1-14(2)15(3,4)19-16(18-14)13-9-12(13)10-6-5-7-11(17)8-10/h5-8,12-13H,9H2,1-4H3/t12-,13+/m1/s1. The number of rotatable bonds is 2. The van der Waals surface area contributed by atoms with Gasteiger partial charge in [0.15, 0.2) is 0 Å². The van der Waals surface area contributed by atoms with E-state index in [4.69, 9.17) is 20.9 Å². The minimum Gasteiger partial charge on any atom is -0.403 e. The molecule has 3 rings (SSSR count). The van der Waals surface area contributed by atoms with Crippen molar-refractivity contribution < 1.29 is 9.31 Å². The highest BCUT2D eigenvalue weighted by Gasteiger charge is 2.59. The van der Waals surface area contributed by atoms with Crippen molar-refractivity contribution in [3.63, 3.8) is 0 Å². The van der Waals surface area contributed by atoms with Gasteiger partial charge in [-0.1, -0.05) is 23.7 Å². The molecule has 1 aromatic carbocycles. The van der Waals surface area contributed by atoms with Crippen LogP contribution in [-0.4, -0.2) is 18.3 Å². The van der Waals surface area contributed by atoms with Crippen LogP contribution in [-0.2, 0) is 9.31 Å². The van der Waals surface area contributed by atoms with Crippen molar-refractivity contribution in [1.82, 2.24) is 0 Å². The van der Waals surface area contributed by atoms with E-state index < -0.39 is 0 Å². The Bertz CT molecular complexity index is 485. The molecule has 1 aliphatic heterocycles. The third-order valence-corrected chi connectivity index (χ3v) is 4.97. The van der Waals surface area contributed by atoms with Crippen molar-refractivity contribution in [1.29, 1.82) is 0 Å². The van der Waals surface area contributed by atoms with Gasteiger partial charge in [-0.05, 0) is 57.7 Å². The van der Waals surface area contributed by atoms with Crippen molar-refractivity contribution in [3.8, 4) is 0 Å². The summed E-state index contributed by atoms with van der Waals surface area (Å²) in [5.41, 5.74) is 0.824. The molecule has 0 unspecified atom stereocenters. The van der Waals surface area contributed by atoms with Crippen molar-refractivity contribution >= 4 is 18.7 Å². The minimum absolute atomic E-state index is 0.0889. The molecule has 0 amide bonds. The Kier molecular flexibility index (Phi) is 3.01. The molecular formula is C15H20BClO2. The predicted molar refractivity (Wildman–Crippen MR) is 78.6 cm³/mol. The molecule has 2 aliphatic rings. The Morgan fingerprint density at radius 2 is 1.79 bits per heavy atom. The summed E-state index contributed by atoms with van der Waals surface area (Å²) < 4.78 is 12.2. The summed E-state index contributed by atoms with van der Waals surface area (Å²) in [6, 6.07) is 8.12. The average molecular weight is 279 g/mol. The van der Waals surface area contributed by atoms with E-state index in [1.807, 2.05) is 12.1 Å². The van der Waals surface area contributed by atoms with Gasteiger partial charge in [-0.3, -0.25) is 0 Å². The van der Waals surface area contributed by atoms with Gasteiger partial charge in [0.25, 0.3) is 0 Å². The topological polar surface area (TPSA) is 18.5 Å². The van der Waals surface area contributed by atoms with E-state index >= 15 is 0 Å². The zero-order valence-corrected chi connectivity index (χ0v) is 12.7. The third-order valence-electron chi connectivity index (χ3n) is 4.74. The number of benzene rings is 1. The molecule has 1 saturated heterocycles. The number of halogens is 1. The van der Waals surface area contributed by atoms with E-state index in [0.717, 1.165) is 11.4 Å². The third kappa shape index (κ3) is 2.33. The van der Waals surface area contributed by atoms with Gasteiger partial charge in [-0.2, -0.15) is 0 Å². The molecule has 1 heterocycles. The van der Waals surface area contributed by atoms with Crippen LogP contribution in [0.5, 0.6) is 0 Å². The number of hydrogen-bond donors (Lipinski definition) is 0. The van der Waals surface area contributed by atoms with Crippen LogP contribution in [0.15, 0.2) is 24.3 Å². The van der Waals surface area contributed by atoms with Crippen molar-refractivity contribution in [2.75, 3.05) is 0 Å². The number of hydrogen-bond acceptors (Lipinski definition) is 2. The van der Waals surface area contributed by atoms with Crippen LogP contribution < -0.4 is 0 Å². The first kappa shape index (κ1) is 13.5. The zero-order valence-electron chi connectivity index (χ0n) is 11.9. The normalized spacial score (nSPS) is 31.5. The maximum atomic E-state index is 6.11. The molecule has 0 bridgehead atoms. The SMILES string of the molecule is CC1(C)OB([C@H]2C[C@@H]2c2cccc(Cl)c2)OC1(C)C. The average Bonchev–Trinajstić information content (AvgIpc) is 3.03. The Balaban J connectivity index is 1.72. The van der Waals surface area contributed by atoms with Gasteiger partial charge in [0.2, 0.25) is 0 Å². The van der Waals surface area contributed by atoms with Crippen molar-refractivity contribution in [2.45, 2.75) is 57.1 Å². The van der Waals surface area contributed by atoms with E-state index in [0.29, 0.717) is 11.7 Å². The van der Waals surface area contributed by atoms with Gasteiger partial charge < -0.3 is 9.31 Å². The van der Waals surface area contributed by atoms with Crippen LogP contribution >= 0.6 is 11.6 Å². The molecule has 102 valence electrons. The quantitative estimate of drug-likeness (QED) is 0.751. The molecule has 1 saturated carbocycles. The monoisotopic (exact) mass is 278 g/mol. The van der Waals surface area contributed by atoms with Crippen molar-refractivity contribution in [2.24, 2.45) is 0 Å². The predicted octanol–water partition coefficient (Wildman–Crippen LogP) is 4.29. The van der Waals surface area contributed by atoms with Gasteiger partial charge in [0.1, 0.15) is 0 Å². The highest BCUT2D eigenvalue weighted by Crippen LogP contribution is 2.58. The van der Waals surface area contributed by atoms with Crippen LogP contribution in [0.3, 0.4) is 0 Å². The summed E-state index contributed by atoms with van der Waals surface area (Å²) in [5, 5.41) is 0.803. The molecule has 4 heteroatoms. The summed E-state index contributed by atoms with van der Waals surface area (Å²) in [7, 11) is -0.0889. The Hall–Kier alpha value is -0.505. The molecule has 0 N–H and O–H groups in total. The molecule has 0 spiro atoms. The fraction of sp³-hybridized carbons (Fsp3) is 0.600. The summed E-state index contributed by atoms with van der Waals surface area (Å²) in [5.74, 6) is 0.980. The van der Waals surface area contributed by atoms with E-state index in [1.54, 1.807) is 0 Å². The van der Waals surface area contributed by atoms with Crippen LogP contribution in [0.2, 0.25) is 10.8 Å². The molecule has 0 radical (unpaired) electrons. The van der Waals surface area contributed by atoms with E-state index in [2.05, 4.69) is 39.8 Å². The zero-order chi connectivity index (χ0) is 13.8. The molecular weight excluding hydrogens is 258 g/mol. The lowest BCUT2D eigenvalue weighted by Crippen LogP contribution is -2.41. The minimum atomic E-state index is -0.237. The smallest absolute Gasteiger partial charge is 0.403 e. The van der Waals surface area contributed by atoms with E-state index in [9.17, 15) is 0 Å². The molecule has 2 fully saturated rings. The lowest BCUT2D eigenvalue weighted by molar-refractivity contribution is 0.00578. The molecule has 2 nitrogen and oxygen atoms in total. The fourth-order valence-electron chi connectivity index (χ4n) is 2.70. The first-order chi connectivity index (χ1) is 8.80. The molecule has 19 heavy (non-hydrogen) atoms. The summed E-state index contributed by atoms with van der Waals surface area (Å²) in [6.07, 6.45) is 1.12. The Morgan fingerprint density at radius 1 is 1.16 bits per heavy atom. The van der Waals surface area contributed by atoms with Crippen molar-refractivity contribution in [3.05, 3.63) is 34.9 Å². The summed E-state index contributed by atoms with van der Waals surface area (Å²) in [4.78, 5) is 0. The molecule has 0 aromatic heterocycles. The summed E-state index contributed by atoms with van der Waals surface area (Å²) >= 11 is 6.05. The largest absolute Gasteiger partial charge is 0.461 e. The second kappa shape index (κ2) is 4.24. The van der Waals surface area contributed by atoms with Crippen LogP contribution in [0, 0.1) is 0 Å². The van der Waals surface area contributed by atoms with E-state index in [-0.39, 0.29) is 18.3 Å². The van der Waals surface area contributed by atoms with Crippen LogP contribution in [0.25, 0.3) is 0 Å². The van der Waals surface area contributed by atoms with Gasteiger partial charge in [-0.15, -0.1) is 0 Å². The second-order valence-corrected chi connectivity index (χ2v) is 7.12. The maximum absolute atomic E-state index is 6.11. The van der Waals surface area contributed by atoms with Gasteiger partial charge in [0.05, 0.1) is 11.2 Å². The first-order valence-corrected chi connectivity index (χ1v) is 7.29. The summed E-state index contributed by atoms with van der Waals surface area (Å²) in [6.45, 7) is 8.40. The first-order valence-electron chi connectivity index (χ1n) is 6.91. The highest BCUT2D eigenvalue weighted by atomic mass is 35.5. The molecule has 1 aliphatic carbocycles. The van der Waals surface area contributed by atoms with Gasteiger partial charge in [-0.25, -0.2) is 0 Å². The van der Waals surface area contributed by atoms with E-state index in [1.165, 1.54) is 5.56 Å². The lowest BCUT2D eigenvalue weighted by atomic mass is 9.79.